The van der Waals surface area contributed by atoms with Crippen molar-refractivity contribution in [1.82, 2.24) is 4.98 Å². The molecule has 0 radical (unpaired) electrons. The number of ether oxygens (including phenoxy) is 2. The molecule has 0 saturated carbocycles. The van der Waals surface area contributed by atoms with Gasteiger partial charge in [-0.05, 0) is 24.3 Å². The van der Waals surface area contributed by atoms with E-state index in [1.807, 2.05) is 42.5 Å². The van der Waals surface area contributed by atoms with Gasteiger partial charge in [-0.1, -0.05) is 42.5 Å². The highest BCUT2D eigenvalue weighted by molar-refractivity contribution is 6.13. The van der Waals surface area contributed by atoms with Crippen molar-refractivity contribution < 1.29 is 19.1 Å². The Balaban J connectivity index is 1.96. The van der Waals surface area contributed by atoms with Gasteiger partial charge in [0.1, 0.15) is 0 Å². The highest BCUT2D eigenvalue weighted by atomic mass is 16.5. The Morgan fingerprint density at radius 2 is 1.57 bits per heavy atom. The summed E-state index contributed by atoms with van der Waals surface area (Å²) in [5, 5.41) is 4.27. The van der Waals surface area contributed by atoms with Gasteiger partial charge in [0.2, 0.25) is 5.41 Å². The minimum absolute atomic E-state index is 0.471. The second kappa shape index (κ2) is 6.81. The second-order valence-electron chi connectivity index (χ2n) is 6.41. The third-order valence-corrected chi connectivity index (χ3v) is 4.87. The van der Waals surface area contributed by atoms with Gasteiger partial charge < -0.3 is 14.8 Å². The number of carbonyl (C=O) groups excluding carboxylic acids is 2. The van der Waals surface area contributed by atoms with Gasteiger partial charge in [0.05, 0.1) is 31.1 Å². The number of aromatic nitrogens is 1. The number of benzene rings is 2. The first-order valence-corrected chi connectivity index (χ1v) is 8.72. The van der Waals surface area contributed by atoms with E-state index in [1.54, 1.807) is 18.2 Å². The molecule has 1 aromatic heterocycles. The van der Waals surface area contributed by atoms with Gasteiger partial charge in [-0.2, -0.15) is 0 Å². The van der Waals surface area contributed by atoms with Crippen LogP contribution in [0.5, 0.6) is 0 Å². The van der Waals surface area contributed by atoms with Crippen molar-refractivity contribution in [3.05, 3.63) is 78.0 Å². The molecule has 0 bridgehead atoms. The molecule has 0 atom stereocenters. The van der Waals surface area contributed by atoms with Gasteiger partial charge in [0.25, 0.3) is 0 Å². The van der Waals surface area contributed by atoms with Crippen LogP contribution in [0.3, 0.4) is 0 Å². The SMILES string of the molecule is COC(=O)C1(C(=O)OC)C=C(c2ccc3ccccc3n2)Nc2ccccc21. The maximum atomic E-state index is 12.8. The molecule has 1 N–H and O–H groups in total. The van der Waals surface area contributed by atoms with Gasteiger partial charge in [-0.3, -0.25) is 9.59 Å². The second-order valence-corrected chi connectivity index (χ2v) is 6.41. The fourth-order valence-corrected chi connectivity index (χ4v) is 3.51. The average Bonchev–Trinajstić information content (AvgIpc) is 2.76. The van der Waals surface area contributed by atoms with Crippen LogP contribution in [-0.2, 0) is 24.5 Å². The van der Waals surface area contributed by atoms with Crippen molar-refractivity contribution in [3.8, 4) is 0 Å². The third kappa shape index (κ3) is 2.62. The molecule has 6 nitrogen and oxygen atoms in total. The number of pyridine rings is 1. The standard InChI is InChI=1S/C22H18N2O4/c1-27-20(25)22(21(26)28-2)13-19(24-17-10-6-4-8-15(17)22)18-12-11-14-7-3-5-9-16(14)23-18/h3-13,24H,1-2H3. The summed E-state index contributed by atoms with van der Waals surface area (Å²) in [6.07, 6.45) is 1.53. The van der Waals surface area contributed by atoms with Crippen LogP contribution in [0.25, 0.3) is 16.6 Å². The number of para-hydroxylation sites is 2. The van der Waals surface area contributed by atoms with Crippen LogP contribution >= 0.6 is 0 Å². The van der Waals surface area contributed by atoms with Crippen molar-refractivity contribution in [2.45, 2.75) is 5.41 Å². The van der Waals surface area contributed by atoms with E-state index in [2.05, 4.69) is 10.3 Å². The lowest BCUT2D eigenvalue weighted by atomic mass is 9.76. The third-order valence-electron chi connectivity index (χ3n) is 4.87. The Kier molecular flexibility index (Phi) is 4.31. The summed E-state index contributed by atoms with van der Waals surface area (Å²) in [4.78, 5) is 30.3. The number of rotatable bonds is 3. The van der Waals surface area contributed by atoms with Crippen molar-refractivity contribution in [2.24, 2.45) is 0 Å². The topological polar surface area (TPSA) is 77.5 Å². The number of hydrogen-bond acceptors (Lipinski definition) is 6. The van der Waals surface area contributed by atoms with E-state index in [4.69, 9.17) is 9.47 Å². The number of anilines is 1. The number of methoxy groups -OCH3 is 2. The Labute approximate surface area is 161 Å². The van der Waals surface area contributed by atoms with Crippen LogP contribution in [0, 0.1) is 0 Å². The average molecular weight is 374 g/mol. The summed E-state index contributed by atoms with van der Waals surface area (Å²) in [5.41, 5.74) is 1.31. The van der Waals surface area contributed by atoms with Crippen molar-refractivity contribution >= 4 is 34.2 Å². The fourth-order valence-electron chi connectivity index (χ4n) is 3.51. The van der Waals surface area contributed by atoms with Crippen LogP contribution in [0.2, 0.25) is 0 Å². The zero-order chi connectivity index (χ0) is 19.7. The summed E-state index contributed by atoms with van der Waals surface area (Å²) in [6.45, 7) is 0. The molecule has 4 rings (SSSR count). The molecule has 2 aromatic carbocycles. The Bertz CT molecular complexity index is 1100. The van der Waals surface area contributed by atoms with Crippen LogP contribution in [0.15, 0.2) is 66.7 Å². The molecule has 6 heteroatoms. The van der Waals surface area contributed by atoms with E-state index in [9.17, 15) is 9.59 Å². The number of esters is 2. The molecule has 140 valence electrons. The summed E-state index contributed by atoms with van der Waals surface area (Å²) >= 11 is 0. The lowest BCUT2D eigenvalue weighted by Crippen LogP contribution is -2.46. The highest BCUT2D eigenvalue weighted by Gasteiger charge is 2.52. The summed E-state index contributed by atoms with van der Waals surface area (Å²) in [5.74, 6) is -1.43. The van der Waals surface area contributed by atoms with Gasteiger partial charge in [0.15, 0.2) is 0 Å². The van der Waals surface area contributed by atoms with Gasteiger partial charge in [-0.25, -0.2) is 4.98 Å². The van der Waals surface area contributed by atoms with Crippen molar-refractivity contribution in [1.29, 1.82) is 0 Å². The van der Waals surface area contributed by atoms with E-state index in [-0.39, 0.29) is 0 Å². The molecule has 1 aliphatic rings. The molecule has 28 heavy (non-hydrogen) atoms. The van der Waals surface area contributed by atoms with Crippen LogP contribution < -0.4 is 5.32 Å². The zero-order valence-electron chi connectivity index (χ0n) is 15.4. The van der Waals surface area contributed by atoms with E-state index in [0.717, 1.165) is 10.9 Å². The molecule has 0 unspecified atom stereocenters. The van der Waals surface area contributed by atoms with Crippen molar-refractivity contribution in [2.75, 3.05) is 19.5 Å². The number of nitrogens with zero attached hydrogens (tertiary/aromatic N) is 1. The van der Waals surface area contributed by atoms with E-state index >= 15 is 0 Å². The summed E-state index contributed by atoms with van der Waals surface area (Å²) < 4.78 is 9.99. The number of hydrogen-bond donors (Lipinski definition) is 1. The van der Waals surface area contributed by atoms with Gasteiger partial charge in [-0.15, -0.1) is 0 Å². The molecule has 0 spiro atoms. The minimum Gasteiger partial charge on any atom is -0.468 e. The minimum atomic E-state index is -1.71. The molecule has 0 amide bonds. The van der Waals surface area contributed by atoms with Crippen LogP contribution in [0.4, 0.5) is 5.69 Å². The van der Waals surface area contributed by atoms with Crippen LogP contribution in [-0.4, -0.2) is 31.1 Å². The predicted molar refractivity (Wildman–Crippen MR) is 105 cm³/mol. The smallest absolute Gasteiger partial charge is 0.331 e. The molecule has 0 fully saturated rings. The quantitative estimate of drug-likeness (QED) is 0.560. The highest BCUT2D eigenvalue weighted by Crippen LogP contribution is 2.41. The lowest BCUT2D eigenvalue weighted by Gasteiger charge is -2.32. The maximum Gasteiger partial charge on any atom is 0.331 e. The fraction of sp³-hybridized carbons (Fsp3) is 0.136. The first-order valence-electron chi connectivity index (χ1n) is 8.72. The Morgan fingerprint density at radius 3 is 2.32 bits per heavy atom. The molecule has 2 heterocycles. The largest absolute Gasteiger partial charge is 0.468 e. The Hall–Kier alpha value is -3.67. The van der Waals surface area contributed by atoms with E-state index in [1.165, 1.54) is 20.3 Å². The molecular formula is C22H18N2O4. The summed E-state index contributed by atoms with van der Waals surface area (Å²) in [7, 11) is 2.50. The first kappa shape index (κ1) is 17.7. The van der Waals surface area contributed by atoms with Gasteiger partial charge >= 0.3 is 11.9 Å². The van der Waals surface area contributed by atoms with Crippen molar-refractivity contribution in [3.63, 3.8) is 0 Å². The van der Waals surface area contributed by atoms with Gasteiger partial charge in [0, 0.05) is 16.6 Å². The molecule has 1 aliphatic heterocycles. The predicted octanol–water partition coefficient (Wildman–Crippen LogP) is 3.29. The Morgan fingerprint density at radius 1 is 0.893 bits per heavy atom. The maximum absolute atomic E-state index is 12.8. The number of carbonyl (C=O) groups is 2. The normalized spacial score (nSPS) is 14.4. The number of nitrogens with one attached hydrogen (secondary N) is 1. The van der Waals surface area contributed by atoms with E-state index < -0.39 is 17.4 Å². The first-order chi connectivity index (χ1) is 13.6. The van der Waals surface area contributed by atoms with E-state index in [0.29, 0.717) is 22.6 Å². The number of fused-ring (bicyclic) bond motifs is 2. The monoisotopic (exact) mass is 374 g/mol. The molecular weight excluding hydrogens is 356 g/mol. The lowest BCUT2D eigenvalue weighted by molar-refractivity contribution is -0.159. The zero-order valence-corrected chi connectivity index (χ0v) is 15.4. The summed E-state index contributed by atoms with van der Waals surface area (Å²) in [6, 6.07) is 18.6. The van der Waals surface area contributed by atoms with Crippen LogP contribution in [0.1, 0.15) is 11.3 Å². The molecule has 3 aromatic rings. The molecule has 0 aliphatic carbocycles. The molecule has 0 saturated heterocycles.